The Balaban J connectivity index is 1.95. The van der Waals surface area contributed by atoms with E-state index in [1.54, 1.807) is 6.08 Å². The highest BCUT2D eigenvalue weighted by molar-refractivity contribution is 5.99. The van der Waals surface area contributed by atoms with E-state index in [9.17, 15) is 4.79 Å². The molecule has 2 aromatic carbocycles. The maximum absolute atomic E-state index is 11.8. The van der Waals surface area contributed by atoms with Crippen molar-refractivity contribution in [3.05, 3.63) is 66.7 Å². The van der Waals surface area contributed by atoms with Gasteiger partial charge in [-0.1, -0.05) is 45.0 Å². The molecule has 2 N–H and O–H groups in total. The normalized spacial score (nSPS) is 11.4. The summed E-state index contributed by atoms with van der Waals surface area (Å²) in [4.78, 5) is 11.8. The molecule has 0 saturated heterocycles. The molecule has 2 aromatic rings. The largest absolute Gasteiger partial charge is 0.356 e. The van der Waals surface area contributed by atoms with E-state index >= 15 is 0 Å². The molecule has 3 heteroatoms. The van der Waals surface area contributed by atoms with Crippen LogP contribution in [0.3, 0.4) is 0 Å². The summed E-state index contributed by atoms with van der Waals surface area (Å²) in [5.41, 5.74) is 2.80. The highest BCUT2D eigenvalue weighted by Gasteiger charge is 2.05. The third-order valence-electron chi connectivity index (χ3n) is 2.95. The van der Waals surface area contributed by atoms with Crippen molar-refractivity contribution in [2.24, 2.45) is 5.41 Å². The van der Waals surface area contributed by atoms with Gasteiger partial charge in [0.2, 0.25) is 5.91 Å². The molecule has 0 spiro atoms. The van der Waals surface area contributed by atoms with Gasteiger partial charge in [-0.2, -0.15) is 0 Å². The second-order valence-corrected chi connectivity index (χ2v) is 6.26. The van der Waals surface area contributed by atoms with Gasteiger partial charge in [-0.05, 0) is 47.9 Å². The van der Waals surface area contributed by atoms with Crippen molar-refractivity contribution in [1.82, 2.24) is 0 Å². The summed E-state index contributed by atoms with van der Waals surface area (Å²) in [5, 5.41) is 6.15. The number of carbonyl (C=O) groups excluding carboxylic acids is 1. The van der Waals surface area contributed by atoms with E-state index in [4.69, 9.17) is 0 Å². The fraction of sp³-hybridized carbons (Fsp3) is 0.211. The van der Waals surface area contributed by atoms with E-state index in [-0.39, 0.29) is 11.3 Å². The van der Waals surface area contributed by atoms with Gasteiger partial charge in [-0.15, -0.1) is 0 Å². The number of benzene rings is 2. The van der Waals surface area contributed by atoms with Crippen LogP contribution in [0, 0.1) is 5.41 Å². The first-order valence-corrected chi connectivity index (χ1v) is 7.35. The van der Waals surface area contributed by atoms with E-state index in [1.165, 1.54) is 0 Å². The molecule has 0 aromatic heterocycles. The molecule has 0 bridgehead atoms. The molecule has 22 heavy (non-hydrogen) atoms. The van der Waals surface area contributed by atoms with Gasteiger partial charge in [0.1, 0.15) is 0 Å². The van der Waals surface area contributed by atoms with Crippen molar-refractivity contribution in [2.45, 2.75) is 20.8 Å². The molecule has 0 aliphatic carbocycles. The van der Waals surface area contributed by atoms with Crippen molar-refractivity contribution in [2.75, 3.05) is 10.6 Å². The van der Waals surface area contributed by atoms with Gasteiger partial charge in [-0.3, -0.25) is 4.79 Å². The van der Waals surface area contributed by atoms with Crippen LogP contribution in [0.5, 0.6) is 0 Å². The molecule has 2 rings (SSSR count). The topological polar surface area (TPSA) is 41.1 Å². The van der Waals surface area contributed by atoms with Crippen molar-refractivity contribution in [1.29, 1.82) is 0 Å². The lowest BCUT2D eigenvalue weighted by atomic mass is 9.96. The fourth-order valence-electron chi connectivity index (χ4n) is 1.83. The van der Waals surface area contributed by atoms with E-state index in [0.29, 0.717) is 0 Å². The monoisotopic (exact) mass is 294 g/mol. The predicted octanol–water partition coefficient (Wildman–Crippen LogP) is 4.97. The molecule has 1 amide bonds. The zero-order valence-corrected chi connectivity index (χ0v) is 13.3. The number of carbonyl (C=O) groups is 1. The molecule has 114 valence electrons. The molecule has 0 fully saturated rings. The summed E-state index contributed by atoms with van der Waals surface area (Å²) >= 11 is 0. The van der Waals surface area contributed by atoms with Crippen molar-refractivity contribution in [3.8, 4) is 0 Å². The number of nitrogens with one attached hydrogen (secondary N) is 2. The maximum Gasteiger partial charge on any atom is 0.248 e. The third kappa shape index (κ3) is 5.44. The Morgan fingerprint density at radius 1 is 0.864 bits per heavy atom. The van der Waals surface area contributed by atoms with Crippen molar-refractivity contribution in [3.63, 3.8) is 0 Å². The van der Waals surface area contributed by atoms with E-state index in [1.807, 2.05) is 60.7 Å². The summed E-state index contributed by atoms with van der Waals surface area (Å²) in [6.07, 6.45) is 3.48. The van der Waals surface area contributed by atoms with Crippen LogP contribution in [-0.4, -0.2) is 5.91 Å². The summed E-state index contributed by atoms with van der Waals surface area (Å²) in [6.45, 7) is 6.17. The quantitative estimate of drug-likeness (QED) is 0.782. The minimum atomic E-state index is -0.112. The Morgan fingerprint density at radius 3 is 2.00 bits per heavy atom. The third-order valence-corrected chi connectivity index (χ3v) is 2.95. The predicted molar refractivity (Wildman–Crippen MR) is 93.4 cm³/mol. The molecule has 0 atom stereocenters. The number of anilines is 3. The SMILES string of the molecule is CC(C)(C)/C=C/C(=O)Nc1ccc(Nc2ccccc2)cc1. The lowest BCUT2D eigenvalue weighted by Crippen LogP contribution is -2.09. The molecule has 0 heterocycles. The molecule has 0 aliphatic heterocycles. The average molecular weight is 294 g/mol. The Morgan fingerprint density at radius 2 is 1.41 bits per heavy atom. The minimum Gasteiger partial charge on any atom is -0.356 e. The van der Waals surface area contributed by atoms with Crippen LogP contribution in [0.2, 0.25) is 0 Å². The van der Waals surface area contributed by atoms with Gasteiger partial charge in [0.25, 0.3) is 0 Å². The smallest absolute Gasteiger partial charge is 0.248 e. The van der Waals surface area contributed by atoms with Crippen LogP contribution in [0.15, 0.2) is 66.7 Å². The first-order chi connectivity index (χ1) is 10.4. The standard InChI is InChI=1S/C19H22N2O/c1-19(2,3)14-13-18(22)21-17-11-9-16(10-12-17)20-15-7-5-4-6-8-15/h4-14,20H,1-3H3,(H,21,22)/b14-13+. The lowest BCUT2D eigenvalue weighted by Gasteiger charge is -2.11. The second kappa shape index (κ2) is 6.94. The molecule has 0 unspecified atom stereocenters. The molecular weight excluding hydrogens is 272 g/mol. The minimum absolute atomic E-state index is 0.000795. The van der Waals surface area contributed by atoms with Crippen LogP contribution in [0.1, 0.15) is 20.8 Å². The van der Waals surface area contributed by atoms with Crippen LogP contribution in [-0.2, 0) is 4.79 Å². The van der Waals surface area contributed by atoms with Gasteiger partial charge in [0, 0.05) is 17.1 Å². The molecule has 0 aliphatic rings. The number of para-hydroxylation sites is 1. The van der Waals surface area contributed by atoms with Crippen molar-refractivity contribution < 1.29 is 4.79 Å². The molecule has 0 radical (unpaired) electrons. The van der Waals surface area contributed by atoms with E-state index < -0.39 is 0 Å². The maximum atomic E-state index is 11.8. The first-order valence-electron chi connectivity index (χ1n) is 7.35. The first kappa shape index (κ1) is 15.8. The Kier molecular flexibility index (Phi) is 4.99. The second-order valence-electron chi connectivity index (χ2n) is 6.26. The lowest BCUT2D eigenvalue weighted by molar-refractivity contribution is -0.112. The number of amides is 1. The van der Waals surface area contributed by atoms with Crippen LogP contribution < -0.4 is 10.6 Å². The Bertz CT molecular complexity index is 637. The number of allylic oxidation sites excluding steroid dienone is 1. The van der Waals surface area contributed by atoms with Crippen molar-refractivity contribution >= 4 is 23.0 Å². The van der Waals surface area contributed by atoms with Gasteiger partial charge < -0.3 is 10.6 Å². The Labute approximate surface area is 132 Å². The number of hydrogen-bond donors (Lipinski definition) is 2. The van der Waals surface area contributed by atoms with Gasteiger partial charge in [0.15, 0.2) is 0 Å². The van der Waals surface area contributed by atoms with Gasteiger partial charge in [0.05, 0.1) is 0 Å². The van der Waals surface area contributed by atoms with Crippen LogP contribution in [0.25, 0.3) is 0 Å². The fourth-order valence-corrected chi connectivity index (χ4v) is 1.83. The summed E-state index contributed by atoms with van der Waals surface area (Å²) < 4.78 is 0. The zero-order chi connectivity index (χ0) is 16.0. The highest BCUT2D eigenvalue weighted by atomic mass is 16.1. The van der Waals surface area contributed by atoms with Crippen LogP contribution in [0.4, 0.5) is 17.1 Å². The van der Waals surface area contributed by atoms with Gasteiger partial charge >= 0.3 is 0 Å². The summed E-state index contributed by atoms with van der Waals surface area (Å²) in [6, 6.07) is 17.6. The molecule has 0 saturated carbocycles. The highest BCUT2D eigenvalue weighted by Crippen LogP contribution is 2.19. The van der Waals surface area contributed by atoms with Crippen LogP contribution >= 0.6 is 0 Å². The van der Waals surface area contributed by atoms with E-state index in [2.05, 4.69) is 31.4 Å². The molecule has 3 nitrogen and oxygen atoms in total. The Hall–Kier alpha value is -2.55. The average Bonchev–Trinajstić information content (AvgIpc) is 2.48. The zero-order valence-electron chi connectivity index (χ0n) is 13.3. The van der Waals surface area contributed by atoms with Gasteiger partial charge in [-0.25, -0.2) is 0 Å². The summed E-state index contributed by atoms with van der Waals surface area (Å²) in [5.74, 6) is -0.112. The summed E-state index contributed by atoms with van der Waals surface area (Å²) in [7, 11) is 0. The van der Waals surface area contributed by atoms with E-state index in [0.717, 1.165) is 17.1 Å². The number of rotatable bonds is 4. The molecular formula is C19H22N2O. The number of hydrogen-bond acceptors (Lipinski definition) is 2.